The molecule has 18 heavy (non-hydrogen) atoms. The van der Waals surface area contributed by atoms with Gasteiger partial charge in [0.2, 0.25) is 0 Å². The summed E-state index contributed by atoms with van der Waals surface area (Å²) in [5, 5.41) is 2.87. The van der Waals surface area contributed by atoms with Crippen LogP contribution in [0, 0.1) is 0 Å². The van der Waals surface area contributed by atoms with Gasteiger partial charge in [-0.3, -0.25) is 4.79 Å². The maximum Gasteiger partial charge on any atom is 0.270 e. The topological polar surface area (TPSA) is 42.0 Å². The fraction of sp³-hybridized carbons (Fsp3) is 0.231. The van der Waals surface area contributed by atoms with Crippen LogP contribution >= 0.6 is 27.3 Å². The average molecular weight is 325 g/mol. The predicted molar refractivity (Wildman–Crippen MR) is 76.8 cm³/mol. The van der Waals surface area contributed by atoms with Crippen molar-refractivity contribution in [1.82, 2.24) is 10.3 Å². The van der Waals surface area contributed by atoms with Crippen LogP contribution in [0.25, 0.3) is 0 Å². The predicted octanol–water partition coefficient (Wildman–Crippen LogP) is 3.40. The van der Waals surface area contributed by atoms with E-state index in [1.165, 1.54) is 4.88 Å². The summed E-state index contributed by atoms with van der Waals surface area (Å²) < 4.78 is 0.666. The molecule has 0 atom stereocenters. The number of carbonyl (C=O) groups excluding carboxylic acids is 1. The van der Waals surface area contributed by atoms with E-state index in [-0.39, 0.29) is 5.91 Å². The number of nitrogens with zero attached hydrogens (tertiary/aromatic N) is 1. The van der Waals surface area contributed by atoms with Crippen LogP contribution in [0.5, 0.6) is 0 Å². The highest BCUT2D eigenvalue weighted by Gasteiger charge is 2.07. The molecule has 0 aliphatic heterocycles. The highest BCUT2D eigenvalue weighted by atomic mass is 79.9. The van der Waals surface area contributed by atoms with E-state index in [2.05, 4.69) is 45.3 Å². The summed E-state index contributed by atoms with van der Waals surface area (Å²) in [6.45, 7) is 2.68. The van der Waals surface area contributed by atoms with Gasteiger partial charge in [-0.1, -0.05) is 13.0 Å². The van der Waals surface area contributed by atoms with Crippen molar-refractivity contribution < 1.29 is 4.79 Å². The van der Waals surface area contributed by atoms with Gasteiger partial charge < -0.3 is 5.32 Å². The van der Waals surface area contributed by atoms with Crippen molar-refractivity contribution in [2.75, 3.05) is 0 Å². The van der Waals surface area contributed by atoms with Crippen molar-refractivity contribution in [1.29, 1.82) is 0 Å². The number of aromatic nitrogens is 1. The van der Waals surface area contributed by atoms with Gasteiger partial charge in [-0.25, -0.2) is 4.98 Å². The molecule has 0 spiro atoms. The number of halogens is 1. The monoisotopic (exact) mass is 324 g/mol. The molecule has 2 heterocycles. The van der Waals surface area contributed by atoms with Crippen molar-refractivity contribution in [3.05, 3.63) is 50.4 Å². The highest BCUT2D eigenvalue weighted by Crippen LogP contribution is 2.16. The first kappa shape index (κ1) is 13.2. The summed E-state index contributed by atoms with van der Waals surface area (Å²) in [6.07, 6.45) is 1.03. The fourth-order valence-corrected chi connectivity index (χ4v) is 2.74. The van der Waals surface area contributed by atoms with Gasteiger partial charge in [0, 0.05) is 9.75 Å². The Kier molecular flexibility index (Phi) is 4.49. The molecule has 0 aliphatic rings. The maximum atomic E-state index is 11.9. The molecule has 0 radical (unpaired) electrons. The number of hydrogen-bond acceptors (Lipinski definition) is 3. The Morgan fingerprint density at radius 1 is 1.33 bits per heavy atom. The van der Waals surface area contributed by atoms with Gasteiger partial charge in [0.05, 0.1) is 6.54 Å². The van der Waals surface area contributed by atoms with Crippen LogP contribution in [0.4, 0.5) is 0 Å². The molecule has 5 heteroatoms. The molecule has 0 aliphatic carbocycles. The lowest BCUT2D eigenvalue weighted by molar-refractivity contribution is 0.0946. The minimum absolute atomic E-state index is 0.150. The van der Waals surface area contributed by atoms with Crippen molar-refractivity contribution >= 4 is 33.2 Å². The Morgan fingerprint density at radius 3 is 2.78 bits per heavy atom. The molecule has 0 saturated heterocycles. The van der Waals surface area contributed by atoms with Crippen LogP contribution in [0.2, 0.25) is 0 Å². The molecule has 94 valence electrons. The van der Waals surface area contributed by atoms with Crippen LogP contribution in [0.3, 0.4) is 0 Å². The van der Waals surface area contributed by atoms with Gasteiger partial charge in [0.25, 0.3) is 5.91 Å². The molecule has 0 bridgehead atoms. The van der Waals surface area contributed by atoms with E-state index >= 15 is 0 Å². The number of rotatable bonds is 4. The largest absolute Gasteiger partial charge is 0.346 e. The molecular formula is C13H13BrN2OS. The number of pyridine rings is 1. The van der Waals surface area contributed by atoms with Crippen LogP contribution in [-0.2, 0) is 13.0 Å². The van der Waals surface area contributed by atoms with Crippen molar-refractivity contribution in [3.63, 3.8) is 0 Å². The Hall–Kier alpha value is -1.20. The third-order valence-corrected chi connectivity index (χ3v) is 4.11. The van der Waals surface area contributed by atoms with E-state index in [1.54, 1.807) is 29.5 Å². The number of hydrogen-bond donors (Lipinski definition) is 1. The molecule has 0 unspecified atom stereocenters. The first-order valence-electron chi connectivity index (χ1n) is 5.67. The summed E-state index contributed by atoms with van der Waals surface area (Å²) in [6, 6.07) is 9.45. The number of carbonyl (C=O) groups is 1. The van der Waals surface area contributed by atoms with Gasteiger partial charge in [0.15, 0.2) is 0 Å². The third kappa shape index (κ3) is 3.40. The highest BCUT2D eigenvalue weighted by molar-refractivity contribution is 9.10. The molecule has 1 N–H and O–H groups in total. The fourth-order valence-electron chi connectivity index (χ4n) is 1.50. The molecule has 0 fully saturated rings. The quantitative estimate of drug-likeness (QED) is 0.876. The van der Waals surface area contributed by atoms with Gasteiger partial charge >= 0.3 is 0 Å². The number of amides is 1. The smallest absolute Gasteiger partial charge is 0.270 e. The zero-order valence-corrected chi connectivity index (χ0v) is 12.3. The standard InChI is InChI=1S/C13H13BrN2OS/c1-2-9-6-7-10(18-9)8-15-13(17)11-4-3-5-12(14)16-11/h3-7H,2,8H2,1H3,(H,15,17). The lowest BCUT2D eigenvalue weighted by Crippen LogP contribution is -2.23. The van der Waals surface area contributed by atoms with Gasteiger partial charge in [0.1, 0.15) is 10.3 Å². The number of aryl methyl sites for hydroxylation is 1. The first-order chi connectivity index (χ1) is 8.69. The summed E-state index contributed by atoms with van der Waals surface area (Å²) in [5.74, 6) is -0.150. The normalized spacial score (nSPS) is 10.3. The second kappa shape index (κ2) is 6.11. The van der Waals surface area contributed by atoms with E-state index in [4.69, 9.17) is 0 Å². The van der Waals surface area contributed by atoms with Crippen LogP contribution in [0.1, 0.15) is 27.2 Å². The number of nitrogens with one attached hydrogen (secondary N) is 1. The van der Waals surface area contributed by atoms with Gasteiger partial charge in [-0.05, 0) is 46.6 Å². The minimum Gasteiger partial charge on any atom is -0.346 e. The Bertz CT molecular complexity index is 553. The molecule has 2 rings (SSSR count). The summed E-state index contributed by atoms with van der Waals surface area (Å²) in [4.78, 5) is 18.5. The zero-order valence-electron chi connectivity index (χ0n) is 9.94. The second-order valence-corrected chi connectivity index (χ2v) is 5.82. The molecule has 0 aromatic carbocycles. The number of thiophene rings is 1. The van der Waals surface area contributed by atoms with Gasteiger partial charge in [-0.2, -0.15) is 0 Å². The maximum absolute atomic E-state index is 11.9. The Morgan fingerprint density at radius 2 is 2.11 bits per heavy atom. The molecule has 0 saturated carbocycles. The Balaban J connectivity index is 1.96. The van der Waals surface area contributed by atoms with Crippen molar-refractivity contribution in [3.8, 4) is 0 Å². The minimum atomic E-state index is -0.150. The molecule has 2 aromatic rings. The van der Waals surface area contributed by atoms with Crippen LogP contribution in [0.15, 0.2) is 34.9 Å². The van der Waals surface area contributed by atoms with Gasteiger partial charge in [-0.15, -0.1) is 11.3 Å². The van der Waals surface area contributed by atoms with E-state index in [0.717, 1.165) is 11.3 Å². The molecule has 2 aromatic heterocycles. The summed E-state index contributed by atoms with van der Waals surface area (Å²) in [7, 11) is 0. The van der Waals surface area contributed by atoms with E-state index in [0.29, 0.717) is 16.8 Å². The molecular weight excluding hydrogens is 312 g/mol. The summed E-state index contributed by atoms with van der Waals surface area (Å²) >= 11 is 4.98. The van der Waals surface area contributed by atoms with E-state index in [1.807, 2.05) is 0 Å². The zero-order chi connectivity index (χ0) is 13.0. The summed E-state index contributed by atoms with van der Waals surface area (Å²) in [5.41, 5.74) is 0.427. The third-order valence-electron chi connectivity index (χ3n) is 2.44. The molecule has 1 amide bonds. The van der Waals surface area contributed by atoms with E-state index in [9.17, 15) is 4.79 Å². The first-order valence-corrected chi connectivity index (χ1v) is 7.28. The lowest BCUT2D eigenvalue weighted by atomic mass is 10.3. The van der Waals surface area contributed by atoms with E-state index < -0.39 is 0 Å². The second-order valence-electron chi connectivity index (χ2n) is 3.75. The average Bonchev–Trinajstić information content (AvgIpc) is 2.84. The SMILES string of the molecule is CCc1ccc(CNC(=O)c2cccc(Br)n2)s1. The Labute approximate surface area is 118 Å². The van der Waals surface area contributed by atoms with Crippen LogP contribution < -0.4 is 5.32 Å². The molecule has 3 nitrogen and oxygen atoms in total. The van der Waals surface area contributed by atoms with Crippen molar-refractivity contribution in [2.24, 2.45) is 0 Å². The lowest BCUT2D eigenvalue weighted by Gasteiger charge is -2.03. The van der Waals surface area contributed by atoms with Crippen molar-refractivity contribution in [2.45, 2.75) is 19.9 Å². The van der Waals surface area contributed by atoms with Crippen LogP contribution in [-0.4, -0.2) is 10.9 Å².